The molecule has 0 atom stereocenters. The number of carbonyl (C=O) groups excluding carboxylic acids is 1. The van der Waals surface area contributed by atoms with E-state index in [1.165, 1.54) is 11.3 Å². The Hall–Kier alpha value is -1.79. The van der Waals surface area contributed by atoms with Crippen LogP contribution in [-0.4, -0.2) is 51.9 Å². The second-order valence-corrected chi connectivity index (χ2v) is 6.44. The Balaban J connectivity index is 1.59. The van der Waals surface area contributed by atoms with Crippen LogP contribution in [0.4, 0.5) is 0 Å². The van der Waals surface area contributed by atoms with E-state index in [9.17, 15) is 4.79 Å². The molecule has 22 heavy (non-hydrogen) atoms. The SMILES string of the molecule is Cc1cccc(CN2CCCN(C(=O)c3cncs3)CC2)n1. The van der Waals surface area contributed by atoms with Gasteiger partial charge in [-0.2, -0.15) is 0 Å². The van der Waals surface area contributed by atoms with Crippen LogP contribution >= 0.6 is 11.3 Å². The smallest absolute Gasteiger partial charge is 0.265 e. The molecule has 5 nitrogen and oxygen atoms in total. The molecular formula is C16H20N4OS. The van der Waals surface area contributed by atoms with E-state index >= 15 is 0 Å². The van der Waals surface area contributed by atoms with E-state index in [4.69, 9.17) is 0 Å². The highest BCUT2D eigenvalue weighted by molar-refractivity contribution is 7.11. The van der Waals surface area contributed by atoms with Crippen molar-refractivity contribution in [2.75, 3.05) is 26.2 Å². The molecule has 1 fully saturated rings. The molecule has 1 aliphatic rings. The van der Waals surface area contributed by atoms with E-state index in [2.05, 4.69) is 27.0 Å². The fourth-order valence-corrected chi connectivity index (χ4v) is 3.31. The minimum absolute atomic E-state index is 0.109. The first kappa shape index (κ1) is 15.1. The van der Waals surface area contributed by atoms with E-state index < -0.39 is 0 Å². The maximum absolute atomic E-state index is 12.4. The van der Waals surface area contributed by atoms with Gasteiger partial charge in [0, 0.05) is 38.4 Å². The first-order chi connectivity index (χ1) is 10.7. The summed E-state index contributed by atoms with van der Waals surface area (Å²) in [5.74, 6) is 0.109. The summed E-state index contributed by atoms with van der Waals surface area (Å²) in [6, 6.07) is 6.13. The number of aryl methyl sites for hydroxylation is 1. The largest absolute Gasteiger partial charge is 0.337 e. The van der Waals surface area contributed by atoms with Crippen LogP contribution in [0.15, 0.2) is 29.9 Å². The van der Waals surface area contributed by atoms with Gasteiger partial charge in [-0.25, -0.2) is 0 Å². The van der Waals surface area contributed by atoms with Crippen molar-refractivity contribution in [3.8, 4) is 0 Å². The monoisotopic (exact) mass is 316 g/mol. The molecule has 0 aromatic carbocycles. The van der Waals surface area contributed by atoms with Crippen LogP contribution in [0.1, 0.15) is 27.5 Å². The molecule has 1 aliphatic heterocycles. The third kappa shape index (κ3) is 3.69. The average molecular weight is 316 g/mol. The predicted molar refractivity (Wildman–Crippen MR) is 86.9 cm³/mol. The third-order valence-corrected chi connectivity index (χ3v) is 4.61. The van der Waals surface area contributed by atoms with Crippen molar-refractivity contribution < 1.29 is 4.79 Å². The van der Waals surface area contributed by atoms with Gasteiger partial charge in [0.05, 0.1) is 17.4 Å². The molecule has 3 heterocycles. The molecule has 1 amide bonds. The van der Waals surface area contributed by atoms with Gasteiger partial charge in [-0.1, -0.05) is 6.07 Å². The zero-order valence-electron chi connectivity index (χ0n) is 12.7. The van der Waals surface area contributed by atoms with E-state index in [1.54, 1.807) is 11.7 Å². The van der Waals surface area contributed by atoms with Crippen molar-refractivity contribution in [1.82, 2.24) is 19.8 Å². The zero-order valence-corrected chi connectivity index (χ0v) is 13.6. The Bertz CT molecular complexity index is 629. The van der Waals surface area contributed by atoms with Gasteiger partial charge in [0.1, 0.15) is 4.88 Å². The number of hydrogen-bond acceptors (Lipinski definition) is 5. The molecule has 0 unspecified atom stereocenters. The number of pyridine rings is 1. The summed E-state index contributed by atoms with van der Waals surface area (Å²) in [5.41, 5.74) is 3.86. The minimum atomic E-state index is 0.109. The second-order valence-electron chi connectivity index (χ2n) is 5.56. The molecule has 0 bridgehead atoms. The van der Waals surface area contributed by atoms with Gasteiger partial charge >= 0.3 is 0 Å². The quantitative estimate of drug-likeness (QED) is 0.871. The molecule has 116 valence electrons. The summed E-state index contributed by atoms with van der Waals surface area (Å²) in [4.78, 5) is 26.0. The topological polar surface area (TPSA) is 49.3 Å². The van der Waals surface area contributed by atoms with Crippen LogP contribution in [0, 0.1) is 6.92 Å². The summed E-state index contributed by atoms with van der Waals surface area (Å²) in [7, 11) is 0. The van der Waals surface area contributed by atoms with Crippen molar-refractivity contribution in [1.29, 1.82) is 0 Å². The lowest BCUT2D eigenvalue weighted by atomic mass is 10.3. The Labute approximate surface area is 134 Å². The van der Waals surface area contributed by atoms with Crippen LogP contribution in [0.3, 0.4) is 0 Å². The van der Waals surface area contributed by atoms with E-state index in [0.717, 1.165) is 55.4 Å². The summed E-state index contributed by atoms with van der Waals surface area (Å²) < 4.78 is 0. The van der Waals surface area contributed by atoms with Crippen LogP contribution < -0.4 is 0 Å². The highest BCUT2D eigenvalue weighted by Crippen LogP contribution is 2.13. The molecule has 2 aromatic rings. The third-order valence-electron chi connectivity index (χ3n) is 3.85. The predicted octanol–water partition coefficient (Wildman–Crippen LogP) is 2.19. The van der Waals surface area contributed by atoms with E-state index in [1.807, 2.05) is 17.9 Å². The molecule has 0 saturated carbocycles. The lowest BCUT2D eigenvalue weighted by molar-refractivity contribution is 0.0765. The lowest BCUT2D eigenvalue weighted by Gasteiger charge is -2.21. The maximum Gasteiger partial charge on any atom is 0.265 e. The fraction of sp³-hybridized carbons (Fsp3) is 0.438. The summed E-state index contributed by atoms with van der Waals surface area (Å²) >= 11 is 1.41. The number of aromatic nitrogens is 2. The fourth-order valence-electron chi connectivity index (χ4n) is 2.73. The summed E-state index contributed by atoms with van der Waals surface area (Å²) in [6.45, 7) is 6.34. The average Bonchev–Trinajstić information content (AvgIpc) is 2.94. The number of nitrogens with zero attached hydrogens (tertiary/aromatic N) is 4. The number of hydrogen-bond donors (Lipinski definition) is 0. The first-order valence-corrected chi connectivity index (χ1v) is 8.43. The normalized spacial score (nSPS) is 16.5. The van der Waals surface area contributed by atoms with Crippen molar-refractivity contribution in [3.05, 3.63) is 46.2 Å². The van der Waals surface area contributed by atoms with Crippen molar-refractivity contribution in [2.45, 2.75) is 19.9 Å². The maximum atomic E-state index is 12.4. The van der Waals surface area contributed by atoms with Gasteiger partial charge in [-0.05, 0) is 25.5 Å². The van der Waals surface area contributed by atoms with Gasteiger partial charge < -0.3 is 4.90 Å². The Kier molecular flexibility index (Phi) is 4.80. The first-order valence-electron chi connectivity index (χ1n) is 7.55. The van der Waals surface area contributed by atoms with Crippen molar-refractivity contribution in [3.63, 3.8) is 0 Å². The molecular weight excluding hydrogens is 296 g/mol. The van der Waals surface area contributed by atoms with Gasteiger partial charge in [-0.15, -0.1) is 11.3 Å². The summed E-state index contributed by atoms with van der Waals surface area (Å²) in [6.07, 6.45) is 2.66. The van der Waals surface area contributed by atoms with Gasteiger partial charge in [-0.3, -0.25) is 19.7 Å². The van der Waals surface area contributed by atoms with E-state index in [-0.39, 0.29) is 5.91 Å². The van der Waals surface area contributed by atoms with Crippen LogP contribution in [0.25, 0.3) is 0 Å². The molecule has 1 saturated heterocycles. The van der Waals surface area contributed by atoms with Crippen LogP contribution in [-0.2, 0) is 6.54 Å². The van der Waals surface area contributed by atoms with Crippen LogP contribution in [0.2, 0.25) is 0 Å². The summed E-state index contributed by atoms with van der Waals surface area (Å²) in [5, 5.41) is 0. The molecule has 0 radical (unpaired) electrons. The zero-order chi connectivity index (χ0) is 15.4. The van der Waals surface area contributed by atoms with Crippen LogP contribution in [0.5, 0.6) is 0 Å². The number of rotatable bonds is 3. The number of thiazole rings is 1. The molecule has 3 rings (SSSR count). The Morgan fingerprint density at radius 3 is 2.95 bits per heavy atom. The Morgan fingerprint density at radius 1 is 1.27 bits per heavy atom. The highest BCUT2D eigenvalue weighted by atomic mass is 32.1. The number of amides is 1. The van der Waals surface area contributed by atoms with Gasteiger partial charge in [0.2, 0.25) is 0 Å². The molecule has 0 aliphatic carbocycles. The minimum Gasteiger partial charge on any atom is -0.337 e. The molecule has 6 heteroatoms. The Morgan fingerprint density at radius 2 is 2.18 bits per heavy atom. The number of carbonyl (C=O) groups is 1. The van der Waals surface area contributed by atoms with Gasteiger partial charge in [0.15, 0.2) is 0 Å². The van der Waals surface area contributed by atoms with E-state index in [0.29, 0.717) is 0 Å². The lowest BCUT2D eigenvalue weighted by Crippen LogP contribution is -2.34. The molecule has 0 N–H and O–H groups in total. The van der Waals surface area contributed by atoms with Crippen molar-refractivity contribution >= 4 is 17.2 Å². The standard InChI is InChI=1S/C16H20N4OS/c1-13-4-2-5-14(18-13)11-19-6-3-7-20(9-8-19)16(21)15-10-17-12-22-15/h2,4-5,10,12H,3,6-9,11H2,1H3. The molecule has 2 aromatic heterocycles. The van der Waals surface area contributed by atoms with Gasteiger partial charge in [0.25, 0.3) is 5.91 Å². The molecule has 0 spiro atoms. The van der Waals surface area contributed by atoms with Crippen molar-refractivity contribution in [2.24, 2.45) is 0 Å². The highest BCUT2D eigenvalue weighted by Gasteiger charge is 2.21. The second kappa shape index (κ2) is 6.98.